The molecule has 0 aromatic heterocycles. The van der Waals surface area contributed by atoms with Gasteiger partial charge < -0.3 is 14.8 Å². The lowest BCUT2D eigenvalue weighted by Crippen LogP contribution is -2.26. The van der Waals surface area contributed by atoms with Crippen LogP contribution >= 0.6 is 0 Å². The fraction of sp³-hybridized carbons (Fsp3) is 0.294. The SMILES string of the molecule is CC(C)(C)Nc1cc(Oc2ccc(OC(F)(F)F)cc2)ccc1[N+](=O)[O-]. The molecule has 0 aliphatic heterocycles. The molecule has 9 heteroatoms. The van der Waals surface area contributed by atoms with Crippen LogP contribution in [0, 0.1) is 10.1 Å². The highest BCUT2D eigenvalue weighted by atomic mass is 19.4. The van der Waals surface area contributed by atoms with Crippen LogP contribution in [0.15, 0.2) is 42.5 Å². The van der Waals surface area contributed by atoms with E-state index in [2.05, 4.69) is 10.1 Å². The predicted molar refractivity (Wildman–Crippen MR) is 89.7 cm³/mol. The zero-order valence-corrected chi connectivity index (χ0v) is 14.3. The highest BCUT2D eigenvalue weighted by molar-refractivity contribution is 5.65. The molecule has 0 heterocycles. The lowest BCUT2D eigenvalue weighted by molar-refractivity contribution is -0.384. The average molecular weight is 370 g/mol. The van der Waals surface area contributed by atoms with Gasteiger partial charge in [0.2, 0.25) is 0 Å². The van der Waals surface area contributed by atoms with Gasteiger partial charge in [0.15, 0.2) is 0 Å². The Bertz CT molecular complexity index is 784. The molecule has 0 aliphatic rings. The van der Waals surface area contributed by atoms with Gasteiger partial charge in [0.05, 0.1) is 4.92 Å². The second-order valence-electron chi connectivity index (χ2n) is 6.43. The van der Waals surface area contributed by atoms with Gasteiger partial charge in [0.25, 0.3) is 5.69 Å². The third-order valence-corrected chi connectivity index (χ3v) is 2.97. The molecule has 0 amide bonds. The molecule has 140 valence electrons. The van der Waals surface area contributed by atoms with E-state index >= 15 is 0 Å². The lowest BCUT2D eigenvalue weighted by Gasteiger charge is -2.22. The summed E-state index contributed by atoms with van der Waals surface area (Å²) in [5.74, 6) is 0.186. The number of nitro groups is 1. The topological polar surface area (TPSA) is 73.6 Å². The highest BCUT2D eigenvalue weighted by Crippen LogP contribution is 2.34. The molecule has 26 heavy (non-hydrogen) atoms. The van der Waals surface area contributed by atoms with Crippen molar-refractivity contribution in [2.45, 2.75) is 32.7 Å². The van der Waals surface area contributed by atoms with Crippen LogP contribution < -0.4 is 14.8 Å². The summed E-state index contributed by atoms with van der Waals surface area (Å²) < 4.78 is 45.8. The van der Waals surface area contributed by atoms with E-state index in [9.17, 15) is 23.3 Å². The van der Waals surface area contributed by atoms with E-state index < -0.39 is 16.8 Å². The van der Waals surface area contributed by atoms with Crippen LogP contribution in [0.3, 0.4) is 0 Å². The first-order chi connectivity index (χ1) is 11.9. The van der Waals surface area contributed by atoms with Gasteiger partial charge in [-0.3, -0.25) is 10.1 Å². The van der Waals surface area contributed by atoms with Crippen molar-refractivity contribution in [3.05, 3.63) is 52.6 Å². The summed E-state index contributed by atoms with van der Waals surface area (Å²) >= 11 is 0. The number of ether oxygens (including phenoxy) is 2. The number of halogens is 3. The molecular formula is C17H17F3N2O4. The zero-order chi connectivity index (χ0) is 19.5. The molecule has 2 aromatic rings. The summed E-state index contributed by atoms with van der Waals surface area (Å²) in [7, 11) is 0. The quantitative estimate of drug-likeness (QED) is 0.556. The van der Waals surface area contributed by atoms with Crippen molar-refractivity contribution in [1.82, 2.24) is 0 Å². The minimum atomic E-state index is -4.77. The Morgan fingerprint density at radius 1 is 0.962 bits per heavy atom. The first-order valence-corrected chi connectivity index (χ1v) is 7.53. The van der Waals surface area contributed by atoms with Gasteiger partial charge in [-0.25, -0.2) is 0 Å². The summed E-state index contributed by atoms with van der Waals surface area (Å²) in [5, 5.41) is 14.2. The van der Waals surface area contributed by atoms with Gasteiger partial charge in [0.1, 0.15) is 22.9 Å². The molecule has 6 nitrogen and oxygen atoms in total. The Balaban J connectivity index is 2.21. The number of benzene rings is 2. The molecule has 0 unspecified atom stereocenters. The first-order valence-electron chi connectivity index (χ1n) is 7.53. The molecule has 1 N–H and O–H groups in total. The minimum Gasteiger partial charge on any atom is -0.457 e. The summed E-state index contributed by atoms with van der Waals surface area (Å²) in [6, 6.07) is 9.00. The van der Waals surface area contributed by atoms with Gasteiger partial charge in [-0.05, 0) is 51.1 Å². The number of hydrogen-bond acceptors (Lipinski definition) is 5. The van der Waals surface area contributed by atoms with Crippen molar-refractivity contribution in [2.24, 2.45) is 0 Å². The summed E-state index contributed by atoms with van der Waals surface area (Å²) in [4.78, 5) is 10.6. The average Bonchev–Trinajstić information content (AvgIpc) is 2.46. The molecule has 0 fully saturated rings. The summed E-state index contributed by atoms with van der Waals surface area (Å²) in [5.41, 5.74) is -0.252. The predicted octanol–water partition coefficient (Wildman–Crippen LogP) is 5.50. The van der Waals surface area contributed by atoms with Crippen molar-refractivity contribution in [3.8, 4) is 17.2 Å². The normalized spacial score (nSPS) is 11.8. The van der Waals surface area contributed by atoms with E-state index in [-0.39, 0.29) is 22.9 Å². The van der Waals surface area contributed by atoms with Crippen molar-refractivity contribution in [3.63, 3.8) is 0 Å². The third kappa shape index (κ3) is 5.83. The van der Waals surface area contributed by atoms with E-state index in [1.807, 2.05) is 20.8 Å². The lowest BCUT2D eigenvalue weighted by atomic mass is 10.1. The molecular weight excluding hydrogens is 353 g/mol. The monoisotopic (exact) mass is 370 g/mol. The molecule has 2 aromatic carbocycles. The maximum atomic E-state index is 12.2. The number of alkyl halides is 3. The number of nitrogens with one attached hydrogen (secondary N) is 1. The third-order valence-electron chi connectivity index (χ3n) is 2.97. The molecule has 2 rings (SSSR count). The van der Waals surface area contributed by atoms with Crippen LogP contribution in [0.4, 0.5) is 24.5 Å². The van der Waals surface area contributed by atoms with Gasteiger partial charge in [-0.2, -0.15) is 0 Å². The fourth-order valence-corrected chi connectivity index (χ4v) is 2.09. The van der Waals surface area contributed by atoms with E-state index in [0.717, 1.165) is 12.1 Å². The Morgan fingerprint density at radius 2 is 1.50 bits per heavy atom. The second-order valence-corrected chi connectivity index (χ2v) is 6.43. The van der Waals surface area contributed by atoms with Gasteiger partial charge in [-0.15, -0.1) is 13.2 Å². The number of rotatable bonds is 5. The molecule has 0 bridgehead atoms. The molecule has 0 radical (unpaired) electrons. The van der Waals surface area contributed by atoms with Crippen molar-refractivity contribution >= 4 is 11.4 Å². The summed E-state index contributed by atoms with van der Waals surface area (Å²) in [6.45, 7) is 5.55. The Morgan fingerprint density at radius 3 is 2.00 bits per heavy atom. The van der Waals surface area contributed by atoms with Gasteiger partial charge >= 0.3 is 6.36 Å². The van der Waals surface area contributed by atoms with Crippen LogP contribution in [-0.4, -0.2) is 16.8 Å². The van der Waals surface area contributed by atoms with E-state index in [1.54, 1.807) is 0 Å². The molecule has 0 atom stereocenters. The number of hydrogen-bond donors (Lipinski definition) is 1. The van der Waals surface area contributed by atoms with Crippen LogP contribution in [-0.2, 0) is 0 Å². The molecule has 0 saturated heterocycles. The summed E-state index contributed by atoms with van der Waals surface area (Å²) in [6.07, 6.45) is -4.77. The van der Waals surface area contributed by atoms with Gasteiger partial charge in [-0.1, -0.05) is 0 Å². The van der Waals surface area contributed by atoms with Crippen LogP contribution in [0.2, 0.25) is 0 Å². The fourth-order valence-electron chi connectivity index (χ4n) is 2.09. The van der Waals surface area contributed by atoms with Gasteiger partial charge in [0, 0.05) is 17.7 Å². The molecule has 0 saturated carbocycles. The number of nitro benzene ring substituents is 1. The number of anilines is 1. The largest absolute Gasteiger partial charge is 0.573 e. The van der Waals surface area contributed by atoms with Crippen LogP contribution in [0.5, 0.6) is 17.2 Å². The smallest absolute Gasteiger partial charge is 0.457 e. The van der Waals surface area contributed by atoms with E-state index in [1.165, 1.54) is 30.3 Å². The van der Waals surface area contributed by atoms with Crippen molar-refractivity contribution in [1.29, 1.82) is 0 Å². The Labute approximate surface area is 147 Å². The Hall–Kier alpha value is -2.97. The van der Waals surface area contributed by atoms with E-state index in [0.29, 0.717) is 5.75 Å². The second kappa shape index (κ2) is 7.11. The maximum absolute atomic E-state index is 12.2. The standard InChI is InChI=1S/C17H17F3N2O4/c1-16(2,3)21-14-10-13(8-9-15(14)22(23)24)25-11-4-6-12(7-5-11)26-17(18,19)20/h4-10,21H,1-3H3. The first kappa shape index (κ1) is 19.4. The maximum Gasteiger partial charge on any atom is 0.573 e. The van der Waals surface area contributed by atoms with E-state index in [4.69, 9.17) is 4.74 Å². The highest BCUT2D eigenvalue weighted by Gasteiger charge is 2.31. The molecule has 0 aliphatic carbocycles. The van der Waals surface area contributed by atoms with Crippen LogP contribution in [0.25, 0.3) is 0 Å². The van der Waals surface area contributed by atoms with Crippen molar-refractivity contribution < 1.29 is 27.6 Å². The number of nitrogens with zero attached hydrogens (tertiary/aromatic N) is 1. The zero-order valence-electron chi connectivity index (χ0n) is 14.3. The Kier molecular flexibility index (Phi) is 5.29. The van der Waals surface area contributed by atoms with Crippen molar-refractivity contribution in [2.75, 3.05) is 5.32 Å². The van der Waals surface area contributed by atoms with Crippen LogP contribution in [0.1, 0.15) is 20.8 Å². The molecule has 0 spiro atoms. The minimum absolute atomic E-state index is 0.110.